The highest BCUT2D eigenvalue weighted by Gasteiger charge is 2.27. The lowest BCUT2D eigenvalue weighted by molar-refractivity contribution is -0.127. The summed E-state index contributed by atoms with van der Waals surface area (Å²) in [5.41, 5.74) is 2.48. The van der Waals surface area contributed by atoms with Crippen molar-refractivity contribution in [1.29, 1.82) is 0 Å². The Bertz CT molecular complexity index is 705. The van der Waals surface area contributed by atoms with Gasteiger partial charge in [-0.05, 0) is 31.7 Å². The summed E-state index contributed by atoms with van der Waals surface area (Å²) < 4.78 is 11.6. The van der Waals surface area contributed by atoms with E-state index >= 15 is 0 Å². The van der Waals surface area contributed by atoms with Crippen molar-refractivity contribution < 1.29 is 14.3 Å². The highest BCUT2D eigenvalue weighted by Crippen LogP contribution is 2.33. The quantitative estimate of drug-likeness (QED) is 0.314. The molecule has 2 fully saturated rings. The molecule has 8 heteroatoms. The molecule has 1 aromatic rings. The van der Waals surface area contributed by atoms with Crippen molar-refractivity contribution in [2.75, 3.05) is 53.6 Å². The van der Waals surface area contributed by atoms with E-state index in [0.29, 0.717) is 17.8 Å². The molecule has 3 atom stereocenters. The van der Waals surface area contributed by atoms with Crippen LogP contribution >= 0.6 is 24.0 Å². The van der Waals surface area contributed by atoms with Gasteiger partial charge in [-0.2, -0.15) is 0 Å². The molecule has 7 nitrogen and oxygen atoms in total. The maximum atomic E-state index is 12.0. The molecule has 2 aliphatic rings. The van der Waals surface area contributed by atoms with Crippen LogP contribution in [0.3, 0.4) is 0 Å². The van der Waals surface area contributed by atoms with Crippen LogP contribution in [0.25, 0.3) is 0 Å². The first kappa shape index (κ1) is 25.9. The van der Waals surface area contributed by atoms with Crippen LogP contribution in [0.2, 0.25) is 0 Å². The van der Waals surface area contributed by atoms with Crippen LogP contribution in [-0.2, 0) is 14.3 Å². The third-order valence-electron chi connectivity index (χ3n) is 5.84. The van der Waals surface area contributed by atoms with Gasteiger partial charge in [0.05, 0.1) is 12.7 Å². The molecule has 31 heavy (non-hydrogen) atoms. The molecule has 0 bridgehead atoms. The van der Waals surface area contributed by atoms with Gasteiger partial charge in [0.2, 0.25) is 5.91 Å². The van der Waals surface area contributed by atoms with Crippen molar-refractivity contribution in [2.24, 2.45) is 16.8 Å². The summed E-state index contributed by atoms with van der Waals surface area (Å²) in [6.45, 7) is 6.18. The molecule has 0 aliphatic carbocycles. The Kier molecular flexibility index (Phi) is 11.0. The second-order valence-electron chi connectivity index (χ2n) is 8.55. The number of guanidine groups is 1. The fourth-order valence-electron chi connectivity index (χ4n) is 3.85. The molecule has 0 spiro atoms. The van der Waals surface area contributed by atoms with Gasteiger partial charge in [0.15, 0.2) is 5.96 Å². The Balaban J connectivity index is 0.00000341. The number of aryl methyl sites for hydroxylation is 1. The van der Waals surface area contributed by atoms with Gasteiger partial charge < -0.3 is 25.0 Å². The molecular formula is C23H37IN4O3. The third-order valence-corrected chi connectivity index (χ3v) is 5.84. The Morgan fingerprint density at radius 2 is 1.87 bits per heavy atom. The minimum Gasteiger partial charge on any atom is -0.381 e. The number of ether oxygens (including phenoxy) is 2. The van der Waals surface area contributed by atoms with Crippen molar-refractivity contribution >= 4 is 35.8 Å². The average molecular weight is 544 g/mol. The monoisotopic (exact) mass is 544 g/mol. The molecule has 0 saturated carbocycles. The Morgan fingerprint density at radius 1 is 1.13 bits per heavy atom. The highest BCUT2D eigenvalue weighted by molar-refractivity contribution is 14.0. The predicted molar refractivity (Wildman–Crippen MR) is 134 cm³/mol. The lowest BCUT2D eigenvalue weighted by Gasteiger charge is -2.32. The minimum absolute atomic E-state index is 0. The van der Waals surface area contributed by atoms with E-state index < -0.39 is 0 Å². The van der Waals surface area contributed by atoms with Crippen molar-refractivity contribution in [3.63, 3.8) is 0 Å². The van der Waals surface area contributed by atoms with Gasteiger partial charge in [-0.1, -0.05) is 29.8 Å². The van der Waals surface area contributed by atoms with E-state index in [1.54, 1.807) is 19.0 Å². The van der Waals surface area contributed by atoms with Gasteiger partial charge in [-0.15, -0.1) is 24.0 Å². The van der Waals surface area contributed by atoms with Gasteiger partial charge >= 0.3 is 0 Å². The zero-order valence-electron chi connectivity index (χ0n) is 18.9. The van der Waals surface area contributed by atoms with Gasteiger partial charge in [-0.3, -0.25) is 4.79 Å². The first-order chi connectivity index (χ1) is 14.5. The second-order valence-corrected chi connectivity index (χ2v) is 8.55. The fraction of sp³-hybridized carbons (Fsp3) is 0.652. The predicted octanol–water partition coefficient (Wildman–Crippen LogP) is 2.74. The summed E-state index contributed by atoms with van der Waals surface area (Å²) in [5.74, 6) is 1.51. The normalized spacial score (nSPS) is 23.7. The number of benzene rings is 1. The van der Waals surface area contributed by atoms with E-state index in [9.17, 15) is 4.79 Å². The topological polar surface area (TPSA) is 75.2 Å². The number of hydrogen-bond donors (Lipinski definition) is 2. The number of carbonyl (C=O) groups excluding carboxylic acids is 1. The van der Waals surface area contributed by atoms with Crippen molar-refractivity contribution in [3.8, 4) is 0 Å². The van der Waals surface area contributed by atoms with Crippen LogP contribution in [0.15, 0.2) is 29.3 Å². The lowest BCUT2D eigenvalue weighted by Crippen LogP contribution is -2.44. The van der Waals surface area contributed by atoms with Gasteiger partial charge in [0.1, 0.15) is 6.54 Å². The maximum Gasteiger partial charge on any atom is 0.243 e. The van der Waals surface area contributed by atoms with Crippen LogP contribution < -0.4 is 10.6 Å². The Morgan fingerprint density at radius 3 is 2.55 bits per heavy atom. The summed E-state index contributed by atoms with van der Waals surface area (Å²) in [4.78, 5) is 18.1. The van der Waals surface area contributed by atoms with Gasteiger partial charge in [-0.25, -0.2) is 4.99 Å². The molecule has 3 unspecified atom stereocenters. The van der Waals surface area contributed by atoms with E-state index in [-0.39, 0.29) is 42.5 Å². The molecule has 3 rings (SSSR count). The van der Waals surface area contributed by atoms with Crippen LogP contribution in [0.4, 0.5) is 0 Å². The number of halogens is 1. The number of nitrogens with one attached hydrogen (secondary N) is 2. The van der Waals surface area contributed by atoms with E-state index in [0.717, 1.165) is 52.2 Å². The van der Waals surface area contributed by atoms with Crippen molar-refractivity contribution in [1.82, 2.24) is 15.5 Å². The van der Waals surface area contributed by atoms with Gasteiger partial charge in [0.25, 0.3) is 0 Å². The summed E-state index contributed by atoms with van der Waals surface area (Å²) in [7, 11) is 3.50. The SMILES string of the molecule is Cc1ccc(C2OCCCC2CNC(=NCC(=O)N(C)C)NCC2CCOC2)cc1.I. The molecule has 174 valence electrons. The van der Waals surface area contributed by atoms with Crippen molar-refractivity contribution in [2.45, 2.75) is 32.3 Å². The van der Waals surface area contributed by atoms with Crippen LogP contribution in [0.1, 0.15) is 36.5 Å². The van der Waals surface area contributed by atoms with E-state index in [1.165, 1.54) is 11.1 Å². The summed E-state index contributed by atoms with van der Waals surface area (Å²) in [6, 6.07) is 8.62. The van der Waals surface area contributed by atoms with E-state index in [2.05, 4.69) is 46.8 Å². The number of nitrogens with zero attached hydrogens (tertiary/aromatic N) is 2. The molecule has 0 radical (unpaired) electrons. The zero-order chi connectivity index (χ0) is 21.3. The molecule has 2 aliphatic heterocycles. The summed E-state index contributed by atoms with van der Waals surface area (Å²) in [6.07, 6.45) is 3.31. The first-order valence-corrected chi connectivity index (χ1v) is 11.0. The molecule has 2 heterocycles. The summed E-state index contributed by atoms with van der Waals surface area (Å²) >= 11 is 0. The van der Waals surface area contributed by atoms with E-state index in [4.69, 9.17) is 9.47 Å². The van der Waals surface area contributed by atoms with Gasteiger partial charge in [0, 0.05) is 52.2 Å². The Labute approximate surface area is 203 Å². The molecule has 0 aromatic heterocycles. The number of carbonyl (C=O) groups is 1. The largest absolute Gasteiger partial charge is 0.381 e. The molecule has 2 saturated heterocycles. The number of hydrogen-bond acceptors (Lipinski definition) is 4. The first-order valence-electron chi connectivity index (χ1n) is 11.0. The smallest absolute Gasteiger partial charge is 0.243 e. The number of aliphatic imine (C=N–C) groups is 1. The number of likely N-dealkylation sites (N-methyl/N-ethyl adjacent to an activating group) is 1. The van der Waals surface area contributed by atoms with E-state index in [1.807, 2.05) is 0 Å². The second kappa shape index (κ2) is 13.2. The standard InChI is InChI=1S/C23H36N4O3.HI/c1-17-6-8-19(9-7-17)22-20(5-4-11-30-22)14-25-23(26-15-21(28)27(2)3)24-13-18-10-12-29-16-18;/h6-9,18,20,22H,4-5,10-16H2,1-3H3,(H2,24,25,26);1H. The molecule has 1 aromatic carbocycles. The van der Waals surface area contributed by atoms with Crippen molar-refractivity contribution in [3.05, 3.63) is 35.4 Å². The molecular weight excluding hydrogens is 507 g/mol. The lowest BCUT2D eigenvalue weighted by atomic mass is 9.89. The highest BCUT2D eigenvalue weighted by atomic mass is 127. The number of rotatable bonds is 7. The molecule has 2 N–H and O–H groups in total. The maximum absolute atomic E-state index is 12.0. The minimum atomic E-state index is -0.0150. The summed E-state index contributed by atoms with van der Waals surface area (Å²) in [5, 5.41) is 6.87. The zero-order valence-corrected chi connectivity index (χ0v) is 21.3. The van der Waals surface area contributed by atoms with Crippen LogP contribution in [-0.4, -0.2) is 70.3 Å². The Hall–Kier alpha value is -1.39. The number of amides is 1. The molecule has 1 amide bonds. The third kappa shape index (κ3) is 8.23. The van der Waals surface area contributed by atoms with Crippen LogP contribution in [0, 0.1) is 18.8 Å². The van der Waals surface area contributed by atoms with Crippen LogP contribution in [0.5, 0.6) is 0 Å². The average Bonchev–Trinajstić information content (AvgIpc) is 3.27. The fourth-order valence-corrected chi connectivity index (χ4v) is 3.85.